The summed E-state index contributed by atoms with van der Waals surface area (Å²) in [6.07, 6.45) is 5.25. The summed E-state index contributed by atoms with van der Waals surface area (Å²) in [5.41, 5.74) is 0. The SMILES string of the molecule is CNC(CO)NC1CCCC(C)C1. The molecule has 0 heterocycles. The number of aliphatic hydroxyl groups is 1. The van der Waals surface area contributed by atoms with Gasteiger partial charge in [0.15, 0.2) is 0 Å². The van der Waals surface area contributed by atoms with E-state index in [2.05, 4.69) is 17.6 Å². The Bertz CT molecular complexity index is 137. The zero-order chi connectivity index (χ0) is 9.68. The normalized spacial score (nSPS) is 31.6. The zero-order valence-electron chi connectivity index (χ0n) is 8.71. The van der Waals surface area contributed by atoms with Gasteiger partial charge in [0, 0.05) is 6.04 Å². The average Bonchev–Trinajstić information content (AvgIpc) is 2.14. The summed E-state index contributed by atoms with van der Waals surface area (Å²) in [6, 6.07) is 0.591. The second-order valence-corrected chi connectivity index (χ2v) is 4.16. The standard InChI is InChI=1S/C10H22N2O/c1-8-4-3-5-9(6-8)12-10(7-13)11-2/h8-13H,3-7H2,1-2H3. The quantitative estimate of drug-likeness (QED) is 0.566. The summed E-state index contributed by atoms with van der Waals surface area (Å²) in [6.45, 7) is 2.47. The molecule has 3 N–H and O–H groups in total. The fourth-order valence-electron chi connectivity index (χ4n) is 2.10. The van der Waals surface area contributed by atoms with Crippen molar-refractivity contribution in [3.05, 3.63) is 0 Å². The molecule has 3 nitrogen and oxygen atoms in total. The maximum Gasteiger partial charge on any atom is 0.0810 e. The van der Waals surface area contributed by atoms with Crippen molar-refractivity contribution in [3.8, 4) is 0 Å². The lowest BCUT2D eigenvalue weighted by Crippen LogP contribution is -2.49. The zero-order valence-corrected chi connectivity index (χ0v) is 8.71. The number of rotatable bonds is 4. The number of aliphatic hydroxyl groups excluding tert-OH is 1. The van der Waals surface area contributed by atoms with Crippen molar-refractivity contribution in [2.75, 3.05) is 13.7 Å². The van der Waals surface area contributed by atoms with Crippen LogP contribution in [0.4, 0.5) is 0 Å². The van der Waals surface area contributed by atoms with E-state index in [1.54, 1.807) is 0 Å². The van der Waals surface area contributed by atoms with Gasteiger partial charge in [0.05, 0.1) is 12.8 Å². The molecule has 3 atom stereocenters. The first-order valence-corrected chi connectivity index (χ1v) is 5.30. The molecule has 78 valence electrons. The second-order valence-electron chi connectivity index (χ2n) is 4.16. The molecule has 0 aliphatic heterocycles. The first-order chi connectivity index (χ1) is 6.26. The molecule has 0 bridgehead atoms. The van der Waals surface area contributed by atoms with Gasteiger partial charge >= 0.3 is 0 Å². The van der Waals surface area contributed by atoms with Crippen LogP contribution in [0.25, 0.3) is 0 Å². The minimum Gasteiger partial charge on any atom is -0.393 e. The van der Waals surface area contributed by atoms with Crippen molar-refractivity contribution >= 4 is 0 Å². The molecule has 0 amide bonds. The molecule has 0 spiro atoms. The van der Waals surface area contributed by atoms with Crippen LogP contribution in [0.15, 0.2) is 0 Å². The molecule has 0 radical (unpaired) electrons. The van der Waals surface area contributed by atoms with E-state index < -0.39 is 0 Å². The number of hydrogen-bond donors (Lipinski definition) is 3. The van der Waals surface area contributed by atoms with E-state index in [1.165, 1.54) is 25.7 Å². The molecule has 1 saturated carbocycles. The summed E-state index contributed by atoms with van der Waals surface area (Å²) in [5, 5.41) is 15.5. The highest BCUT2D eigenvalue weighted by Crippen LogP contribution is 2.23. The highest BCUT2D eigenvalue weighted by Gasteiger charge is 2.20. The van der Waals surface area contributed by atoms with Gasteiger partial charge in [-0.3, -0.25) is 5.32 Å². The number of likely N-dealkylation sites (N-methyl/N-ethyl adjacent to an activating group) is 1. The Kier molecular flexibility index (Phi) is 4.70. The fraction of sp³-hybridized carbons (Fsp3) is 1.00. The minimum absolute atomic E-state index is 0.0651. The van der Waals surface area contributed by atoms with Gasteiger partial charge in [0.1, 0.15) is 0 Å². The third-order valence-electron chi connectivity index (χ3n) is 2.90. The maximum atomic E-state index is 9.00. The van der Waals surface area contributed by atoms with Gasteiger partial charge in [-0.2, -0.15) is 0 Å². The second kappa shape index (κ2) is 5.58. The summed E-state index contributed by atoms with van der Waals surface area (Å²) in [4.78, 5) is 0. The fourth-order valence-corrected chi connectivity index (χ4v) is 2.10. The maximum absolute atomic E-state index is 9.00. The molecule has 3 heteroatoms. The number of nitrogens with one attached hydrogen (secondary N) is 2. The van der Waals surface area contributed by atoms with Crippen LogP contribution >= 0.6 is 0 Å². The van der Waals surface area contributed by atoms with E-state index in [9.17, 15) is 0 Å². The third-order valence-corrected chi connectivity index (χ3v) is 2.90. The van der Waals surface area contributed by atoms with Crippen molar-refractivity contribution in [2.45, 2.75) is 44.8 Å². The topological polar surface area (TPSA) is 44.3 Å². The Morgan fingerprint density at radius 3 is 2.77 bits per heavy atom. The van der Waals surface area contributed by atoms with Gasteiger partial charge in [-0.25, -0.2) is 0 Å². The lowest BCUT2D eigenvalue weighted by atomic mass is 9.87. The molecule has 1 rings (SSSR count). The Morgan fingerprint density at radius 2 is 2.23 bits per heavy atom. The lowest BCUT2D eigenvalue weighted by molar-refractivity contribution is 0.192. The Labute approximate surface area is 80.9 Å². The predicted molar refractivity (Wildman–Crippen MR) is 54.5 cm³/mol. The van der Waals surface area contributed by atoms with E-state index in [0.29, 0.717) is 6.04 Å². The van der Waals surface area contributed by atoms with Gasteiger partial charge in [-0.1, -0.05) is 19.8 Å². The van der Waals surface area contributed by atoms with Crippen molar-refractivity contribution < 1.29 is 5.11 Å². The molecule has 0 saturated heterocycles. The molecule has 1 aliphatic rings. The van der Waals surface area contributed by atoms with E-state index >= 15 is 0 Å². The van der Waals surface area contributed by atoms with Gasteiger partial charge in [-0.05, 0) is 25.8 Å². The predicted octanol–water partition coefficient (Wildman–Crippen LogP) is 0.692. The first kappa shape index (κ1) is 11.0. The molecule has 1 fully saturated rings. The molecule has 3 unspecified atom stereocenters. The van der Waals surface area contributed by atoms with E-state index in [4.69, 9.17) is 5.11 Å². The van der Waals surface area contributed by atoms with Gasteiger partial charge in [0.25, 0.3) is 0 Å². The van der Waals surface area contributed by atoms with Gasteiger partial charge < -0.3 is 10.4 Å². The number of hydrogen-bond acceptors (Lipinski definition) is 3. The van der Waals surface area contributed by atoms with Crippen LogP contribution in [-0.2, 0) is 0 Å². The molecular formula is C10H22N2O. The van der Waals surface area contributed by atoms with Crippen LogP contribution < -0.4 is 10.6 Å². The van der Waals surface area contributed by atoms with Crippen LogP contribution in [0, 0.1) is 5.92 Å². The summed E-state index contributed by atoms with van der Waals surface area (Å²) >= 11 is 0. The minimum atomic E-state index is 0.0651. The Morgan fingerprint density at radius 1 is 1.46 bits per heavy atom. The molecule has 0 aromatic carbocycles. The smallest absolute Gasteiger partial charge is 0.0810 e. The molecular weight excluding hydrogens is 164 g/mol. The average molecular weight is 186 g/mol. The molecule has 0 aromatic heterocycles. The van der Waals surface area contributed by atoms with Crippen molar-refractivity contribution in [3.63, 3.8) is 0 Å². The van der Waals surface area contributed by atoms with Crippen molar-refractivity contribution in [1.29, 1.82) is 0 Å². The van der Waals surface area contributed by atoms with E-state index in [0.717, 1.165) is 5.92 Å². The van der Waals surface area contributed by atoms with E-state index in [1.807, 2.05) is 7.05 Å². The highest BCUT2D eigenvalue weighted by molar-refractivity contribution is 4.78. The summed E-state index contributed by atoms with van der Waals surface area (Å²) in [7, 11) is 1.88. The first-order valence-electron chi connectivity index (χ1n) is 5.30. The summed E-state index contributed by atoms with van der Waals surface area (Å²) < 4.78 is 0. The van der Waals surface area contributed by atoms with E-state index in [-0.39, 0.29) is 12.8 Å². The monoisotopic (exact) mass is 186 g/mol. The van der Waals surface area contributed by atoms with Crippen molar-refractivity contribution in [2.24, 2.45) is 5.92 Å². The lowest BCUT2D eigenvalue weighted by Gasteiger charge is -2.30. The van der Waals surface area contributed by atoms with Crippen LogP contribution in [0.5, 0.6) is 0 Å². The van der Waals surface area contributed by atoms with Gasteiger partial charge in [-0.15, -0.1) is 0 Å². The Hall–Kier alpha value is -0.120. The van der Waals surface area contributed by atoms with Crippen LogP contribution in [-0.4, -0.2) is 31.0 Å². The third kappa shape index (κ3) is 3.63. The largest absolute Gasteiger partial charge is 0.393 e. The summed E-state index contributed by atoms with van der Waals surface area (Å²) in [5.74, 6) is 0.836. The molecule has 0 aromatic rings. The highest BCUT2D eigenvalue weighted by atomic mass is 16.3. The van der Waals surface area contributed by atoms with Gasteiger partial charge in [0.2, 0.25) is 0 Å². The van der Waals surface area contributed by atoms with Crippen LogP contribution in [0.1, 0.15) is 32.6 Å². The van der Waals surface area contributed by atoms with Crippen molar-refractivity contribution in [1.82, 2.24) is 10.6 Å². The van der Waals surface area contributed by atoms with Crippen LogP contribution in [0.3, 0.4) is 0 Å². The Balaban J connectivity index is 2.26. The van der Waals surface area contributed by atoms with Crippen LogP contribution in [0.2, 0.25) is 0 Å². The molecule has 1 aliphatic carbocycles. The molecule has 13 heavy (non-hydrogen) atoms.